The molecule has 2 N–H and O–H groups in total. The van der Waals surface area contributed by atoms with Crippen molar-refractivity contribution in [2.45, 2.75) is 44.2 Å². The second-order valence-corrected chi connectivity index (χ2v) is 8.58. The highest BCUT2D eigenvalue weighted by Gasteiger charge is 2.30. The molecular formula is C14H27N3O3S. The Morgan fingerprint density at radius 3 is 2.29 bits per heavy atom. The van der Waals surface area contributed by atoms with Crippen molar-refractivity contribution in [3.63, 3.8) is 0 Å². The molecule has 21 heavy (non-hydrogen) atoms. The van der Waals surface area contributed by atoms with Gasteiger partial charge >= 0.3 is 0 Å². The molecule has 1 atom stereocenters. The van der Waals surface area contributed by atoms with Gasteiger partial charge in [0.1, 0.15) is 9.84 Å². The van der Waals surface area contributed by atoms with Gasteiger partial charge in [-0.3, -0.25) is 4.79 Å². The smallest absolute Gasteiger partial charge is 0.239 e. The average Bonchev–Trinajstić information content (AvgIpc) is 2.97. The van der Waals surface area contributed by atoms with Crippen molar-refractivity contribution in [1.29, 1.82) is 0 Å². The number of nitrogens with two attached hydrogens (primary N) is 1. The molecule has 0 aromatic carbocycles. The SMILES string of the molecule is CS(=O)(=O)CCC(N)C(=O)N1CCC(N2CCCC2)CC1. The third-order valence-corrected chi connectivity index (χ3v) is 5.53. The van der Waals surface area contributed by atoms with E-state index in [2.05, 4.69) is 4.90 Å². The summed E-state index contributed by atoms with van der Waals surface area (Å²) in [6.45, 7) is 3.86. The van der Waals surface area contributed by atoms with E-state index < -0.39 is 15.9 Å². The van der Waals surface area contributed by atoms with Crippen molar-refractivity contribution in [3.8, 4) is 0 Å². The van der Waals surface area contributed by atoms with Gasteiger partial charge in [0.2, 0.25) is 5.91 Å². The molecule has 2 aliphatic heterocycles. The Kier molecular flexibility index (Phi) is 5.62. The maximum absolute atomic E-state index is 12.2. The maximum Gasteiger partial charge on any atom is 0.239 e. The molecule has 7 heteroatoms. The monoisotopic (exact) mass is 317 g/mol. The lowest BCUT2D eigenvalue weighted by Gasteiger charge is -2.37. The summed E-state index contributed by atoms with van der Waals surface area (Å²) in [6.07, 6.45) is 5.97. The number of amides is 1. The second kappa shape index (κ2) is 7.07. The van der Waals surface area contributed by atoms with E-state index in [1.165, 1.54) is 32.2 Å². The minimum Gasteiger partial charge on any atom is -0.341 e. The zero-order chi connectivity index (χ0) is 15.5. The van der Waals surface area contributed by atoms with Crippen LogP contribution in [0.25, 0.3) is 0 Å². The van der Waals surface area contributed by atoms with Crippen molar-refractivity contribution in [2.75, 3.05) is 38.2 Å². The van der Waals surface area contributed by atoms with E-state index in [1.54, 1.807) is 4.90 Å². The number of sulfone groups is 1. The third-order valence-electron chi connectivity index (χ3n) is 4.55. The van der Waals surface area contributed by atoms with Crippen LogP contribution in [-0.2, 0) is 14.6 Å². The van der Waals surface area contributed by atoms with Gasteiger partial charge in [-0.1, -0.05) is 0 Å². The minimum absolute atomic E-state index is 0.0237. The van der Waals surface area contributed by atoms with Crippen LogP contribution in [0.1, 0.15) is 32.1 Å². The van der Waals surface area contributed by atoms with Crippen LogP contribution >= 0.6 is 0 Å². The van der Waals surface area contributed by atoms with E-state index in [-0.39, 0.29) is 18.1 Å². The fourth-order valence-electron chi connectivity index (χ4n) is 3.26. The van der Waals surface area contributed by atoms with E-state index in [0.29, 0.717) is 6.04 Å². The van der Waals surface area contributed by atoms with Crippen LogP contribution < -0.4 is 5.73 Å². The van der Waals surface area contributed by atoms with E-state index in [9.17, 15) is 13.2 Å². The topological polar surface area (TPSA) is 83.7 Å². The Hall–Kier alpha value is -0.660. The molecule has 2 saturated heterocycles. The van der Waals surface area contributed by atoms with Gasteiger partial charge in [0.15, 0.2) is 0 Å². The number of rotatable bonds is 5. The molecule has 2 heterocycles. The van der Waals surface area contributed by atoms with E-state index in [1.807, 2.05) is 0 Å². The van der Waals surface area contributed by atoms with Crippen LogP contribution in [0.3, 0.4) is 0 Å². The maximum atomic E-state index is 12.2. The van der Waals surface area contributed by atoms with Gasteiger partial charge in [-0.25, -0.2) is 8.42 Å². The molecule has 0 aromatic rings. The Balaban J connectivity index is 1.76. The second-order valence-electron chi connectivity index (χ2n) is 6.32. The molecule has 2 aliphatic rings. The van der Waals surface area contributed by atoms with E-state index in [0.717, 1.165) is 25.9 Å². The summed E-state index contributed by atoms with van der Waals surface area (Å²) >= 11 is 0. The summed E-state index contributed by atoms with van der Waals surface area (Å²) in [6, 6.07) is -0.0909. The van der Waals surface area contributed by atoms with Crippen LogP contribution in [-0.4, -0.2) is 74.4 Å². The Morgan fingerprint density at radius 1 is 1.19 bits per heavy atom. The Morgan fingerprint density at radius 2 is 1.76 bits per heavy atom. The summed E-state index contributed by atoms with van der Waals surface area (Å²) in [7, 11) is -3.06. The van der Waals surface area contributed by atoms with Gasteiger partial charge in [0.05, 0.1) is 11.8 Å². The first-order valence-corrected chi connectivity index (χ1v) is 9.89. The fraction of sp³-hybridized carbons (Fsp3) is 0.929. The standard InChI is InChI=1S/C14H27N3O3S/c1-21(19,20)11-6-13(15)14(18)17-9-4-12(5-10-17)16-7-2-3-8-16/h12-13H,2-11,15H2,1H3. The van der Waals surface area contributed by atoms with Gasteiger partial charge in [-0.15, -0.1) is 0 Å². The lowest BCUT2D eigenvalue weighted by atomic mass is 10.0. The van der Waals surface area contributed by atoms with Crippen molar-refractivity contribution >= 4 is 15.7 Å². The van der Waals surface area contributed by atoms with Crippen molar-refractivity contribution in [1.82, 2.24) is 9.80 Å². The molecule has 0 radical (unpaired) electrons. The predicted molar refractivity (Wildman–Crippen MR) is 82.7 cm³/mol. The molecule has 0 aromatic heterocycles. The zero-order valence-electron chi connectivity index (χ0n) is 12.8. The van der Waals surface area contributed by atoms with Crippen LogP contribution in [0, 0.1) is 0 Å². The highest BCUT2D eigenvalue weighted by molar-refractivity contribution is 7.90. The number of piperidine rings is 1. The molecule has 1 amide bonds. The van der Waals surface area contributed by atoms with Crippen molar-refractivity contribution < 1.29 is 13.2 Å². The van der Waals surface area contributed by atoms with Crippen molar-refractivity contribution in [3.05, 3.63) is 0 Å². The first kappa shape index (κ1) is 16.7. The third kappa shape index (κ3) is 4.93. The fourth-order valence-corrected chi connectivity index (χ4v) is 3.94. The summed E-state index contributed by atoms with van der Waals surface area (Å²) in [5.41, 5.74) is 5.85. The van der Waals surface area contributed by atoms with E-state index in [4.69, 9.17) is 5.73 Å². The van der Waals surface area contributed by atoms with Gasteiger partial charge < -0.3 is 15.5 Å². The van der Waals surface area contributed by atoms with Gasteiger partial charge in [-0.2, -0.15) is 0 Å². The Bertz CT molecular complexity index is 452. The molecule has 0 spiro atoms. The van der Waals surface area contributed by atoms with Gasteiger partial charge in [0, 0.05) is 25.4 Å². The summed E-state index contributed by atoms with van der Waals surface area (Å²) in [5, 5.41) is 0. The average molecular weight is 317 g/mol. The number of carbonyl (C=O) groups is 1. The molecule has 0 aliphatic carbocycles. The van der Waals surface area contributed by atoms with Crippen LogP contribution in [0.2, 0.25) is 0 Å². The lowest BCUT2D eigenvalue weighted by molar-refractivity contribution is -0.134. The first-order valence-electron chi connectivity index (χ1n) is 7.83. The molecular weight excluding hydrogens is 290 g/mol. The number of likely N-dealkylation sites (tertiary alicyclic amines) is 2. The van der Waals surface area contributed by atoms with E-state index >= 15 is 0 Å². The van der Waals surface area contributed by atoms with Crippen LogP contribution in [0.5, 0.6) is 0 Å². The number of hydrogen-bond acceptors (Lipinski definition) is 5. The molecule has 1 unspecified atom stereocenters. The summed E-state index contributed by atoms with van der Waals surface area (Å²) in [4.78, 5) is 16.6. The molecule has 2 fully saturated rings. The summed E-state index contributed by atoms with van der Waals surface area (Å²) in [5.74, 6) is -0.122. The van der Waals surface area contributed by atoms with Gasteiger partial charge in [0.25, 0.3) is 0 Å². The van der Waals surface area contributed by atoms with Crippen molar-refractivity contribution in [2.24, 2.45) is 5.73 Å². The highest BCUT2D eigenvalue weighted by atomic mass is 32.2. The number of carbonyl (C=O) groups excluding carboxylic acids is 1. The lowest BCUT2D eigenvalue weighted by Crippen LogP contribution is -2.50. The quantitative estimate of drug-likeness (QED) is 0.761. The minimum atomic E-state index is -3.06. The molecule has 122 valence electrons. The predicted octanol–water partition coefficient (Wildman–Crippen LogP) is -0.165. The molecule has 0 saturated carbocycles. The Labute approximate surface area is 127 Å². The normalized spacial score (nSPS) is 23.4. The molecule has 2 rings (SSSR count). The van der Waals surface area contributed by atoms with Gasteiger partial charge in [-0.05, 0) is 45.2 Å². The molecule has 0 bridgehead atoms. The largest absolute Gasteiger partial charge is 0.341 e. The highest BCUT2D eigenvalue weighted by Crippen LogP contribution is 2.21. The van der Waals surface area contributed by atoms with Crippen LogP contribution in [0.15, 0.2) is 0 Å². The summed E-state index contributed by atoms with van der Waals surface area (Å²) < 4.78 is 22.3. The zero-order valence-corrected chi connectivity index (χ0v) is 13.6. The first-order chi connectivity index (χ1) is 9.87. The number of hydrogen-bond donors (Lipinski definition) is 1. The number of nitrogens with zero attached hydrogens (tertiary/aromatic N) is 2. The molecule has 6 nitrogen and oxygen atoms in total. The van der Waals surface area contributed by atoms with Crippen LogP contribution in [0.4, 0.5) is 0 Å².